The van der Waals surface area contributed by atoms with E-state index in [0.29, 0.717) is 17.2 Å². The van der Waals surface area contributed by atoms with E-state index in [4.69, 9.17) is 15.9 Å². The molecule has 0 fully saturated rings. The summed E-state index contributed by atoms with van der Waals surface area (Å²) in [7, 11) is 0. The van der Waals surface area contributed by atoms with Crippen LogP contribution in [0.2, 0.25) is 0 Å². The second-order valence-corrected chi connectivity index (χ2v) is 3.36. The second-order valence-electron chi connectivity index (χ2n) is 3.36. The quantitative estimate of drug-likeness (QED) is 0.628. The predicted octanol–water partition coefficient (Wildman–Crippen LogP) is 2.30. The van der Waals surface area contributed by atoms with Crippen molar-refractivity contribution in [2.24, 2.45) is 5.73 Å². The zero-order chi connectivity index (χ0) is 12.3. The molecular formula is C12H10FN3O. The Balaban J connectivity index is 2.16. The Morgan fingerprint density at radius 1 is 1.29 bits per heavy atom. The average Bonchev–Trinajstić information content (AvgIpc) is 2.29. The molecule has 0 spiro atoms. The number of nitrogens with two attached hydrogens (primary N) is 1. The Kier molecular flexibility index (Phi) is 3.00. The summed E-state index contributed by atoms with van der Waals surface area (Å²) in [4.78, 5) is 3.96. The molecule has 0 bridgehead atoms. The molecule has 0 radical (unpaired) electrons. The van der Waals surface area contributed by atoms with E-state index in [9.17, 15) is 4.39 Å². The van der Waals surface area contributed by atoms with Crippen LogP contribution in [0, 0.1) is 11.2 Å². The normalized spacial score (nSPS) is 9.94. The van der Waals surface area contributed by atoms with Crippen LogP contribution in [-0.4, -0.2) is 10.8 Å². The molecule has 0 saturated carbocycles. The van der Waals surface area contributed by atoms with Crippen molar-refractivity contribution in [3.8, 4) is 11.6 Å². The lowest BCUT2D eigenvalue weighted by molar-refractivity contribution is 0.458. The van der Waals surface area contributed by atoms with E-state index >= 15 is 0 Å². The van der Waals surface area contributed by atoms with Gasteiger partial charge in [-0.25, -0.2) is 9.37 Å². The number of hydrogen-bond acceptors (Lipinski definition) is 3. The monoisotopic (exact) mass is 231 g/mol. The topological polar surface area (TPSA) is 72.0 Å². The van der Waals surface area contributed by atoms with Crippen LogP contribution >= 0.6 is 0 Å². The Bertz CT molecular complexity index is 540. The highest BCUT2D eigenvalue weighted by Gasteiger charge is 2.01. The van der Waals surface area contributed by atoms with E-state index in [1.54, 1.807) is 24.3 Å². The van der Waals surface area contributed by atoms with Crippen LogP contribution in [0.4, 0.5) is 4.39 Å². The van der Waals surface area contributed by atoms with E-state index in [-0.39, 0.29) is 11.7 Å². The van der Waals surface area contributed by atoms with Crippen LogP contribution in [-0.2, 0) is 0 Å². The molecule has 86 valence electrons. The van der Waals surface area contributed by atoms with Gasteiger partial charge in [0.1, 0.15) is 17.4 Å². The minimum atomic E-state index is -0.372. The molecule has 0 unspecified atom stereocenters. The van der Waals surface area contributed by atoms with Crippen molar-refractivity contribution in [1.82, 2.24) is 4.98 Å². The number of aromatic nitrogens is 1. The highest BCUT2D eigenvalue weighted by Crippen LogP contribution is 2.19. The minimum Gasteiger partial charge on any atom is -0.439 e. The van der Waals surface area contributed by atoms with Gasteiger partial charge in [-0.15, -0.1) is 0 Å². The second kappa shape index (κ2) is 4.61. The van der Waals surface area contributed by atoms with Gasteiger partial charge < -0.3 is 10.5 Å². The number of benzene rings is 1. The van der Waals surface area contributed by atoms with Crippen molar-refractivity contribution in [2.75, 3.05) is 0 Å². The summed E-state index contributed by atoms with van der Waals surface area (Å²) in [5, 5.41) is 7.20. The summed E-state index contributed by atoms with van der Waals surface area (Å²) in [6, 6.07) is 8.96. The van der Waals surface area contributed by atoms with Crippen molar-refractivity contribution < 1.29 is 9.13 Å². The number of pyridine rings is 1. The first-order valence-electron chi connectivity index (χ1n) is 4.89. The minimum absolute atomic E-state index is 0.0604. The van der Waals surface area contributed by atoms with Crippen LogP contribution in [0.15, 0.2) is 42.6 Å². The molecule has 0 saturated heterocycles. The molecule has 2 rings (SSSR count). The van der Waals surface area contributed by atoms with Gasteiger partial charge in [0.05, 0.1) is 0 Å². The lowest BCUT2D eigenvalue weighted by Gasteiger charge is -2.05. The van der Waals surface area contributed by atoms with Gasteiger partial charge >= 0.3 is 0 Å². The summed E-state index contributed by atoms with van der Waals surface area (Å²) < 4.78 is 18.2. The summed E-state index contributed by atoms with van der Waals surface area (Å²) in [5.74, 6) is 0.256. The van der Waals surface area contributed by atoms with E-state index in [2.05, 4.69) is 4.98 Å². The molecule has 1 aromatic carbocycles. The van der Waals surface area contributed by atoms with Crippen LogP contribution in [0.5, 0.6) is 11.6 Å². The first-order chi connectivity index (χ1) is 8.15. The van der Waals surface area contributed by atoms with Crippen molar-refractivity contribution in [1.29, 1.82) is 5.41 Å². The zero-order valence-corrected chi connectivity index (χ0v) is 8.85. The number of nitrogen functional groups attached to an aromatic ring is 1. The molecule has 4 nitrogen and oxygen atoms in total. The molecule has 0 aliphatic rings. The zero-order valence-electron chi connectivity index (χ0n) is 8.85. The van der Waals surface area contributed by atoms with Crippen molar-refractivity contribution in [3.63, 3.8) is 0 Å². The first-order valence-corrected chi connectivity index (χ1v) is 4.89. The molecule has 1 heterocycles. The fraction of sp³-hybridized carbons (Fsp3) is 0. The molecule has 0 aliphatic heterocycles. The third-order valence-electron chi connectivity index (χ3n) is 2.07. The van der Waals surface area contributed by atoms with Crippen LogP contribution in [0.1, 0.15) is 5.56 Å². The molecule has 17 heavy (non-hydrogen) atoms. The number of amidine groups is 1. The number of nitrogens with one attached hydrogen (secondary N) is 1. The third kappa shape index (κ3) is 2.78. The fourth-order valence-electron chi connectivity index (χ4n) is 1.25. The Labute approximate surface area is 97.4 Å². The number of nitrogens with zero attached hydrogens (tertiary/aromatic N) is 1. The third-order valence-corrected chi connectivity index (χ3v) is 2.07. The van der Waals surface area contributed by atoms with E-state index in [1.807, 2.05) is 0 Å². The SMILES string of the molecule is N=C(N)c1ccc(Oc2cccc(F)c2)nc1. The van der Waals surface area contributed by atoms with Gasteiger partial charge in [-0.05, 0) is 18.2 Å². The van der Waals surface area contributed by atoms with Crippen LogP contribution < -0.4 is 10.5 Å². The highest BCUT2D eigenvalue weighted by atomic mass is 19.1. The van der Waals surface area contributed by atoms with E-state index in [1.165, 1.54) is 18.3 Å². The largest absolute Gasteiger partial charge is 0.439 e. The Morgan fingerprint density at radius 2 is 2.12 bits per heavy atom. The molecule has 0 aliphatic carbocycles. The predicted molar refractivity (Wildman–Crippen MR) is 61.7 cm³/mol. The van der Waals surface area contributed by atoms with E-state index in [0.717, 1.165) is 0 Å². The van der Waals surface area contributed by atoms with Gasteiger partial charge in [-0.3, -0.25) is 5.41 Å². The molecule has 2 aromatic rings. The van der Waals surface area contributed by atoms with Gasteiger partial charge in [0, 0.05) is 23.9 Å². The van der Waals surface area contributed by atoms with Crippen molar-refractivity contribution >= 4 is 5.84 Å². The standard InChI is InChI=1S/C12H10FN3O/c13-9-2-1-3-10(6-9)17-11-5-4-8(7-16-11)12(14)15/h1-7H,(H3,14,15). The highest BCUT2D eigenvalue weighted by molar-refractivity contribution is 5.94. The van der Waals surface area contributed by atoms with Crippen LogP contribution in [0.25, 0.3) is 0 Å². The maximum atomic E-state index is 12.9. The van der Waals surface area contributed by atoms with Gasteiger partial charge in [0.25, 0.3) is 0 Å². The van der Waals surface area contributed by atoms with Crippen LogP contribution in [0.3, 0.4) is 0 Å². The molecule has 1 aromatic heterocycles. The van der Waals surface area contributed by atoms with Crippen molar-refractivity contribution in [3.05, 3.63) is 54.0 Å². The van der Waals surface area contributed by atoms with Crippen molar-refractivity contribution in [2.45, 2.75) is 0 Å². The first kappa shape index (κ1) is 11.1. The maximum Gasteiger partial charge on any atom is 0.219 e. The van der Waals surface area contributed by atoms with Gasteiger partial charge in [0.2, 0.25) is 5.88 Å². The number of ether oxygens (including phenoxy) is 1. The smallest absolute Gasteiger partial charge is 0.219 e. The summed E-state index contributed by atoms with van der Waals surface area (Å²) in [6.07, 6.45) is 1.43. The number of rotatable bonds is 3. The average molecular weight is 231 g/mol. The molecule has 5 heteroatoms. The van der Waals surface area contributed by atoms with Gasteiger partial charge in [-0.2, -0.15) is 0 Å². The molecular weight excluding hydrogens is 221 g/mol. The fourth-order valence-corrected chi connectivity index (χ4v) is 1.25. The Morgan fingerprint density at radius 3 is 2.71 bits per heavy atom. The summed E-state index contributed by atoms with van der Waals surface area (Å²) in [6.45, 7) is 0. The van der Waals surface area contributed by atoms with Gasteiger partial charge in [-0.1, -0.05) is 6.07 Å². The molecule has 3 N–H and O–H groups in total. The van der Waals surface area contributed by atoms with Gasteiger partial charge in [0.15, 0.2) is 0 Å². The molecule has 0 atom stereocenters. The molecule has 0 amide bonds. The lowest BCUT2D eigenvalue weighted by Crippen LogP contribution is -2.11. The summed E-state index contributed by atoms with van der Waals surface area (Å²) in [5.41, 5.74) is 5.80. The summed E-state index contributed by atoms with van der Waals surface area (Å²) >= 11 is 0. The van der Waals surface area contributed by atoms with E-state index < -0.39 is 0 Å². The Hall–Kier alpha value is -2.43. The maximum absolute atomic E-state index is 12.9. The number of halogens is 1. The lowest BCUT2D eigenvalue weighted by atomic mass is 10.3. The number of hydrogen-bond donors (Lipinski definition) is 2.